The largest absolute Gasteiger partial charge is 0.496 e. The summed E-state index contributed by atoms with van der Waals surface area (Å²) in [5, 5.41) is 3.09. The first-order valence-electron chi connectivity index (χ1n) is 7.36. The lowest BCUT2D eigenvalue weighted by atomic mass is 9.84. The highest BCUT2D eigenvalue weighted by atomic mass is 16.5. The third-order valence-corrected chi connectivity index (χ3v) is 4.18. The molecule has 0 aromatic heterocycles. The summed E-state index contributed by atoms with van der Waals surface area (Å²) < 4.78 is 5.23. The predicted molar refractivity (Wildman–Crippen MR) is 80.9 cm³/mol. The van der Waals surface area contributed by atoms with Gasteiger partial charge in [0.15, 0.2) is 0 Å². The van der Waals surface area contributed by atoms with Crippen molar-refractivity contribution in [3.8, 4) is 5.75 Å². The zero-order chi connectivity index (χ0) is 14.5. The van der Waals surface area contributed by atoms with Gasteiger partial charge in [-0.3, -0.25) is 4.79 Å². The smallest absolute Gasteiger partial charge is 0.255 e. The average Bonchev–Trinajstić information content (AvgIpc) is 2.48. The topological polar surface area (TPSA) is 64.3 Å². The van der Waals surface area contributed by atoms with Gasteiger partial charge in [-0.25, -0.2) is 0 Å². The van der Waals surface area contributed by atoms with Crippen molar-refractivity contribution in [2.45, 2.75) is 45.1 Å². The van der Waals surface area contributed by atoms with E-state index in [1.165, 1.54) is 32.1 Å². The molecule has 1 aromatic rings. The van der Waals surface area contributed by atoms with E-state index in [1.54, 1.807) is 25.3 Å². The molecular formula is C16H24N2O2. The average molecular weight is 276 g/mol. The molecular weight excluding hydrogens is 252 g/mol. The molecule has 0 heterocycles. The summed E-state index contributed by atoms with van der Waals surface area (Å²) in [4.78, 5) is 12.4. The van der Waals surface area contributed by atoms with E-state index in [9.17, 15) is 4.79 Å². The fraction of sp³-hybridized carbons (Fsp3) is 0.562. The fourth-order valence-electron chi connectivity index (χ4n) is 2.94. The van der Waals surface area contributed by atoms with Crippen LogP contribution in [0.3, 0.4) is 0 Å². The highest BCUT2D eigenvalue weighted by Gasteiger charge is 2.23. The van der Waals surface area contributed by atoms with Gasteiger partial charge >= 0.3 is 0 Å². The Bertz CT molecular complexity index is 468. The van der Waals surface area contributed by atoms with Crippen molar-refractivity contribution in [3.05, 3.63) is 23.8 Å². The standard InChI is InChI=1S/C16H24N2O2/c1-11(12-6-4-3-5-7-12)18-16(19)14-10-13(17)8-9-15(14)20-2/h8-12H,3-7,17H2,1-2H3,(H,18,19). The SMILES string of the molecule is COc1ccc(N)cc1C(=O)NC(C)C1CCCCC1. The molecule has 20 heavy (non-hydrogen) atoms. The van der Waals surface area contributed by atoms with Gasteiger partial charge in [0.05, 0.1) is 12.7 Å². The molecule has 1 aliphatic carbocycles. The van der Waals surface area contributed by atoms with E-state index in [2.05, 4.69) is 12.2 Å². The first-order chi connectivity index (χ1) is 9.61. The van der Waals surface area contributed by atoms with E-state index in [1.807, 2.05) is 0 Å². The van der Waals surface area contributed by atoms with E-state index in [4.69, 9.17) is 10.5 Å². The van der Waals surface area contributed by atoms with Crippen LogP contribution in [0.15, 0.2) is 18.2 Å². The number of nitrogens with one attached hydrogen (secondary N) is 1. The number of hydrogen-bond acceptors (Lipinski definition) is 3. The molecule has 1 saturated carbocycles. The molecule has 0 saturated heterocycles. The van der Waals surface area contributed by atoms with Crippen molar-refractivity contribution < 1.29 is 9.53 Å². The van der Waals surface area contributed by atoms with Crippen LogP contribution in [0.1, 0.15) is 49.4 Å². The van der Waals surface area contributed by atoms with Crippen molar-refractivity contribution in [2.24, 2.45) is 5.92 Å². The van der Waals surface area contributed by atoms with E-state index < -0.39 is 0 Å². The van der Waals surface area contributed by atoms with Gasteiger partial charge in [0, 0.05) is 11.7 Å². The first kappa shape index (κ1) is 14.7. The van der Waals surface area contributed by atoms with Crippen LogP contribution in [0.2, 0.25) is 0 Å². The van der Waals surface area contributed by atoms with Gasteiger partial charge in [-0.2, -0.15) is 0 Å². The molecule has 1 fully saturated rings. The summed E-state index contributed by atoms with van der Waals surface area (Å²) >= 11 is 0. The van der Waals surface area contributed by atoms with Crippen LogP contribution in [0.25, 0.3) is 0 Å². The summed E-state index contributed by atoms with van der Waals surface area (Å²) in [7, 11) is 1.56. The third kappa shape index (κ3) is 3.44. The van der Waals surface area contributed by atoms with Crippen LogP contribution in [-0.2, 0) is 0 Å². The van der Waals surface area contributed by atoms with Gasteiger partial charge in [0.25, 0.3) is 5.91 Å². The van der Waals surface area contributed by atoms with Gasteiger partial charge in [-0.05, 0) is 43.9 Å². The zero-order valence-corrected chi connectivity index (χ0v) is 12.3. The molecule has 3 N–H and O–H groups in total. The predicted octanol–water partition coefficient (Wildman–Crippen LogP) is 2.98. The van der Waals surface area contributed by atoms with Crippen molar-refractivity contribution in [1.82, 2.24) is 5.32 Å². The van der Waals surface area contributed by atoms with Gasteiger partial charge in [-0.1, -0.05) is 19.3 Å². The van der Waals surface area contributed by atoms with Crippen LogP contribution in [0.4, 0.5) is 5.69 Å². The number of benzene rings is 1. The van der Waals surface area contributed by atoms with Crippen LogP contribution in [0, 0.1) is 5.92 Å². The van der Waals surface area contributed by atoms with Crippen molar-refractivity contribution in [1.29, 1.82) is 0 Å². The summed E-state index contributed by atoms with van der Waals surface area (Å²) in [6.45, 7) is 2.09. The van der Waals surface area contributed by atoms with Gasteiger partial charge < -0.3 is 15.8 Å². The lowest BCUT2D eigenvalue weighted by Gasteiger charge is -2.28. The molecule has 0 spiro atoms. The Kier molecular flexibility index (Phi) is 4.88. The maximum absolute atomic E-state index is 12.4. The first-order valence-corrected chi connectivity index (χ1v) is 7.36. The summed E-state index contributed by atoms with van der Waals surface area (Å²) in [5.41, 5.74) is 6.84. The molecule has 4 heteroatoms. The normalized spacial score (nSPS) is 17.5. The molecule has 0 aliphatic heterocycles. The molecule has 1 aromatic carbocycles. The Hall–Kier alpha value is -1.71. The fourth-order valence-corrected chi connectivity index (χ4v) is 2.94. The molecule has 0 bridgehead atoms. The van der Waals surface area contributed by atoms with E-state index in [0.717, 1.165) is 0 Å². The summed E-state index contributed by atoms with van der Waals surface area (Å²) in [5.74, 6) is 1.04. The minimum Gasteiger partial charge on any atom is -0.496 e. The Labute approximate surface area is 120 Å². The minimum absolute atomic E-state index is 0.104. The highest BCUT2D eigenvalue weighted by molar-refractivity contribution is 5.98. The second-order valence-corrected chi connectivity index (χ2v) is 5.62. The number of carbonyl (C=O) groups is 1. The molecule has 1 aliphatic rings. The number of hydrogen-bond donors (Lipinski definition) is 2. The Morgan fingerprint density at radius 3 is 2.70 bits per heavy atom. The van der Waals surface area contributed by atoms with E-state index in [0.29, 0.717) is 22.9 Å². The number of nitrogen functional groups attached to an aromatic ring is 1. The molecule has 0 radical (unpaired) electrons. The Balaban J connectivity index is 2.05. The minimum atomic E-state index is -0.104. The Morgan fingerprint density at radius 2 is 2.05 bits per heavy atom. The maximum Gasteiger partial charge on any atom is 0.255 e. The second-order valence-electron chi connectivity index (χ2n) is 5.62. The van der Waals surface area contributed by atoms with Crippen LogP contribution in [-0.4, -0.2) is 19.1 Å². The van der Waals surface area contributed by atoms with Crippen molar-refractivity contribution in [3.63, 3.8) is 0 Å². The van der Waals surface area contributed by atoms with Crippen molar-refractivity contribution in [2.75, 3.05) is 12.8 Å². The lowest BCUT2D eigenvalue weighted by molar-refractivity contribution is 0.0916. The maximum atomic E-state index is 12.4. The number of carbonyl (C=O) groups excluding carboxylic acids is 1. The van der Waals surface area contributed by atoms with Crippen molar-refractivity contribution >= 4 is 11.6 Å². The molecule has 1 amide bonds. The number of anilines is 1. The zero-order valence-electron chi connectivity index (χ0n) is 12.3. The van der Waals surface area contributed by atoms with E-state index >= 15 is 0 Å². The quantitative estimate of drug-likeness (QED) is 0.831. The molecule has 110 valence electrons. The number of ether oxygens (including phenoxy) is 1. The molecule has 2 rings (SSSR count). The lowest BCUT2D eigenvalue weighted by Crippen LogP contribution is -2.39. The van der Waals surface area contributed by atoms with Crippen LogP contribution in [0.5, 0.6) is 5.75 Å². The van der Waals surface area contributed by atoms with Crippen LogP contribution < -0.4 is 15.8 Å². The number of rotatable bonds is 4. The second kappa shape index (κ2) is 6.64. The third-order valence-electron chi connectivity index (χ3n) is 4.18. The van der Waals surface area contributed by atoms with Gasteiger partial charge in [-0.15, -0.1) is 0 Å². The number of nitrogens with two attached hydrogens (primary N) is 1. The van der Waals surface area contributed by atoms with Crippen LogP contribution >= 0.6 is 0 Å². The molecule has 1 unspecified atom stereocenters. The molecule has 1 atom stereocenters. The summed E-state index contributed by atoms with van der Waals surface area (Å²) in [6, 6.07) is 5.33. The van der Waals surface area contributed by atoms with Gasteiger partial charge in [0.2, 0.25) is 0 Å². The number of amides is 1. The molecule has 4 nitrogen and oxygen atoms in total. The van der Waals surface area contributed by atoms with E-state index in [-0.39, 0.29) is 11.9 Å². The van der Waals surface area contributed by atoms with Gasteiger partial charge in [0.1, 0.15) is 5.75 Å². The monoisotopic (exact) mass is 276 g/mol. The Morgan fingerprint density at radius 1 is 1.35 bits per heavy atom. The number of methoxy groups -OCH3 is 1. The highest BCUT2D eigenvalue weighted by Crippen LogP contribution is 2.27. The summed E-state index contributed by atoms with van der Waals surface area (Å²) in [6.07, 6.45) is 6.27.